The molecule has 0 fully saturated rings. The highest BCUT2D eigenvalue weighted by atomic mass is 32.2. The quantitative estimate of drug-likeness (QED) is 0.382. The molecule has 2 aromatic rings. The average molecular weight is 523 g/mol. The Kier molecular flexibility index (Phi) is 10.1. The van der Waals surface area contributed by atoms with Crippen LogP contribution in [0.1, 0.15) is 72.9 Å². The first-order chi connectivity index (χ1) is 16.3. The van der Waals surface area contributed by atoms with Crippen molar-refractivity contribution in [3.63, 3.8) is 0 Å². The molecule has 192 valence electrons. The molecule has 0 spiro atoms. The van der Waals surface area contributed by atoms with E-state index in [9.17, 15) is 33.7 Å². The molecule has 0 radical (unpaired) electrons. The van der Waals surface area contributed by atoms with Crippen molar-refractivity contribution in [3.05, 3.63) is 64.2 Å². The highest BCUT2D eigenvalue weighted by molar-refractivity contribution is 7.26. The van der Waals surface area contributed by atoms with Gasteiger partial charge in [-0.15, -0.1) is 0 Å². The number of rotatable bonds is 12. The van der Waals surface area contributed by atoms with Gasteiger partial charge in [-0.3, -0.25) is 14.4 Å². The lowest BCUT2D eigenvalue weighted by atomic mass is 9.87. The molecule has 2 aromatic heterocycles. The van der Waals surface area contributed by atoms with Crippen molar-refractivity contribution >= 4 is 39.6 Å². The largest absolute Gasteiger partial charge is 0.590 e. The third-order valence-corrected chi connectivity index (χ3v) is 8.96. The molecular weight excluding hydrogens is 488 g/mol. The molecule has 0 saturated carbocycles. The fourth-order valence-electron chi connectivity index (χ4n) is 3.54. The molecule has 0 aliphatic heterocycles. The molecule has 0 amide bonds. The topological polar surface area (TPSA) is 138 Å². The van der Waals surface area contributed by atoms with Gasteiger partial charge in [-0.1, -0.05) is 13.8 Å². The van der Waals surface area contributed by atoms with E-state index >= 15 is 0 Å². The summed E-state index contributed by atoms with van der Waals surface area (Å²) in [5, 5.41) is 18.6. The minimum absolute atomic E-state index is 0.0423. The molecule has 2 atom stereocenters. The number of aliphatic hydroxyl groups is 1. The summed E-state index contributed by atoms with van der Waals surface area (Å²) >= 11 is 0. The first-order valence-electron chi connectivity index (χ1n) is 11.5. The zero-order chi connectivity index (χ0) is 26.4. The van der Waals surface area contributed by atoms with Crippen LogP contribution in [0.3, 0.4) is 0 Å². The van der Waals surface area contributed by atoms with Gasteiger partial charge in [0.25, 0.3) is 0 Å². The van der Waals surface area contributed by atoms with Crippen LogP contribution in [0.5, 0.6) is 0 Å². The Hall–Kier alpha value is -2.17. The fourth-order valence-corrected chi connectivity index (χ4v) is 6.08. The third kappa shape index (κ3) is 8.47. The maximum Gasteiger partial charge on any atom is 0.309 e. The van der Waals surface area contributed by atoms with Gasteiger partial charge in [-0.2, -0.15) is 0 Å². The van der Waals surface area contributed by atoms with Gasteiger partial charge in [-0.25, -0.2) is 0 Å². The summed E-state index contributed by atoms with van der Waals surface area (Å²) in [5.41, 5.74) is -1.77. The second-order valence-electron chi connectivity index (χ2n) is 10.2. The number of aliphatic carboxylic acids is 1. The summed E-state index contributed by atoms with van der Waals surface area (Å²) in [6, 6.07) is 5.21. The van der Waals surface area contributed by atoms with Crippen molar-refractivity contribution in [3.8, 4) is 0 Å². The number of carboxylic acids is 1. The van der Waals surface area contributed by atoms with E-state index in [1.54, 1.807) is 13.8 Å². The maximum atomic E-state index is 13.0. The molecule has 9 heteroatoms. The summed E-state index contributed by atoms with van der Waals surface area (Å²) in [7, 11) is -3.16. The van der Waals surface area contributed by atoms with Crippen molar-refractivity contribution in [1.29, 1.82) is 0 Å². The summed E-state index contributed by atoms with van der Waals surface area (Å²) in [6.07, 6.45) is 5.93. The first-order valence-corrected chi connectivity index (χ1v) is 13.8. The lowest BCUT2D eigenvalue weighted by Gasteiger charge is -2.20. The molecular formula is C26H34O7S2. The van der Waals surface area contributed by atoms with Gasteiger partial charge in [0, 0.05) is 55.9 Å². The number of carboxylic acid groups (broad SMARTS) is 1. The lowest BCUT2D eigenvalue weighted by Crippen LogP contribution is -2.23. The second kappa shape index (κ2) is 12.2. The van der Waals surface area contributed by atoms with Crippen LogP contribution in [-0.4, -0.2) is 31.9 Å². The van der Waals surface area contributed by atoms with Crippen molar-refractivity contribution in [2.24, 2.45) is 10.8 Å². The fraction of sp³-hybridized carbons (Fsp3) is 0.500. The molecule has 2 N–H and O–H groups in total. The van der Waals surface area contributed by atoms with E-state index in [1.807, 2.05) is 13.8 Å². The van der Waals surface area contributed by atoms with Gasteiger partial charge in [0.1, 0.15) is 0 Å². The van der Waals surface area contributed by atoms with Crippen LogP contribution < -0.4 is 10.9 Å². The van der Waals surface area contributed by atoms with E-state index in [0.717, 1.165) is 0 Å². The second-order valence-corrected chi connectivity index (χ2v) is 13.3. The van der Waals surface area contributed by atoms with Gasteiger partial charge in [0.2, 0.25) is 0 Å². The van der Waals surface area contributed by atoms with E-state index in [0.29, 0.717) is 48.3 Å². The Morgan fingerprint density at radius 2 is 1.29 bits per heavy atom. The summed E-state index contributed by atoms with van der Waals surface area (Å²) in [5.74, 6) is -0.912. The Balaban J connectivity index is 2.23. The zero-order valence-electron chi connectivity index (χ0n) is 20.7. The molecule has 7 nitrogen and oxygen atoms in total. The molecule has 0 aromatic carbocycles. The molecule has 0 bridgehead atoms. The van der Waals surface area contributed by atoms with Crippen LogP contribution in [0.4, 0.5) is 0 Å². The van der Waals surface area contributed by atoms with E-state index < -0.39 is 32.9 Å². The van der Waals surface area contributed by atoms with Gasteiger partial charge in [-0.05, 0) is 66.4 Å². The molecule has 0 aliphatic rings. The molecule has 35 heavy (non-hydrogen) atoms. The predicted molar refractivity (Wildman–Crippen MR) is 140 cm³/mol. The molecule has 0 saturated heterocycles. The van der Waals surface area contributed by atoms with Crippen molar-refractivity contribution in [2.75, 3.05) is 6.61 Å². The van der Waals surface area contributed by atoms with E-state index in [1.165, 1.54) is 36.4 Å². The molecule has 2 rings (SSSR count). The van der Waals surface area contributed by atoms with Crippen molar-refractivity contribution in [1.82, 2.24) is 0 Å². The van der Waals surface area contributed by atoms with Gasteiger partial charge < -0.3 is 19.3 Å². The van der Waals surface area contributed by atoms with Crippen LogP contribution in [0.25, 0.3) is 12.2 Å². The monoisotopic (exact) mass is 522 g/mol. The Morgan fingerprint density at radius 3 is 1.69 bits per heavy atom. The normalized spacial score (nSPS) is 13.5. The highest BCUT2D eigenvalue weighted by Gasteiger charge is 2.27. The Morgan fingerprint density at radius 1 is 0.857 bits per heavy atom. The van der Waals surface area contributed by atoms with Gasteiger partial charge >= 0.3 is 5.97 Å². The molecule has 2 heterocycles. The minimum Gasteiger partial charge on any atom is -0.590 e. The van der Waals surface area contributed by atoms with E-state index in [-0.39, 0.29) is 32.6 Å². The lowest BCUT2D eigenvalue weighted by molar-refractivity contribution is -0.147. The van der Waals surface area contributed by atoms with Crippen LogP contribution in [0.2, 0.25) is 0 Å². The summed E-state index contributed by atoms with van der Waals surface area (Å²) in [6.45, 7) is 7.16. The SMILES string of the molecule is CC(C)(CO)CCCc1cc(=O)cc(C=Cc2cc(=O)cc(CCCC(C)(C)C(=O)O)[s+]2[O-])[s+]1[O-]. The Bertz CT molecular complexity index is 1190. The highest BCUT2D eigenvalue weighted by Crippen LogP contribution is 2.31. The van der Waals surface area contributed by atoms with Crippen LogP contribution in [0.15, 0.2) is 33.9 Å². The average Bonchev–Trinajstić information content (AvgIpc) is 2.77. The summed E-state index contributed by atoms with van der Waals surface area (Å²) in [4.78, 5) is 37.1. The number of aryl methyl sites for hydroxylation is 2. The first kappa shape index (κ1) is 29.1. The summed E-state index contributed by atoms with van der Waals surface area (Å²) < 4.78 is 25.9. The standard InChI is InChI=1S/C26H34O7S2/c1-25(2,17-27)11-5-7-20-13-18(28)15-22(34(20)32)9-10-23-16-19(29)14-21(35(23)33)8-6-12-26(3,4)24(30)31/h9-10,13-16,27H,5-8,11-12,17H2,1-4H3,(H,30,31). The minimum atomic E-state index is -1.61. The van der Waals surface area contributed by atoms with Crippen molar-refractivity contribution < 1.29 is 24.1 Å². The predicted octanol–water partition coefficient (Wildman–Crippen LogP) is 4.81. The van der Waals surface area contributed by atoms with Gasteiger partial charge in [0.15, 0.2) is 30.4 Å². The van der Waals surface area contributed by atoms with E-state index in [4.69, 9.17) is 0 Å². The van der Waals surface area contributed by atoms with Crippen LogP contribution in [0, 0.1) is 10.8 Å². The zero-order valence-corrected chi connectivity index (χ0v) is 22.3. The number of carbonyl (C=O) groups is 1. The van der Waals surface area contributed by atoms with Gasteiger partial charge in [0.05, 0.1) is 5.41 Å². The Labute approximate surface area is 211 Å². The number of aliphatic hydroxyl groups excluding tert-OH is 1. The van der Waals surface area contributed by atoms with Crippen molar-refractivity contribution in [2.45, 2.75) is 66.2 Å². The molecule has 2 unspecified atom stereocenters. The number of hydrogen-bond acceptors (Lipinski definition) is 6. The smallest absolute Gasteiger partial charge is 0.309 e. The van der Waals surface area contributed by atoms with Crippen LogP contribution in [-0.2, 0) is 17.6 Å². The van der Waals surface area contributed by atoms with Crippen LogP contribution >= 0.6 is 21.5 Å². The van der Waals surface area contributed by atoms with E-state index in [2.05, 4.69) is 0 Å². The number of hydrogen-bond donors (Lipinski definition) is 2. The molecule has 0 aliphatic carbocycles. The maximum absolute atomic E-state index is 13.0. The third-order valence-electron chi connectivity index (χ3n) is 6.00.